The molecule has 2 aromatic rings. The highest BCUT2D eigenvalue weighted by Gasteiger charge is 2.29. The number of rotatable bonds is 2. The van der Waals surface area contributed by atoms with Gasteiger partial charge in [0.15, 0.2) is 0 Å². The summed E-state index contributed by atoms with van der Waals surface area (Å²) in [6, 6.07) is 2.10. The number of ether oxygens (including phenoxy) is 1. The fraction of sp³-hybridized carbons (Fsp3) is 0.526. The Morgan fingerprint density at radius 2 is 2.08 bits per heavy atom. The van der Waals surface area contributed by atoms with E-state index >= 15 is 0 Å². The third kappa shape index (κ3) is 3.40. The van der Waals surface area contributed by atoms with E-state index in [0.29, 0.717) is 23.2 Å². The minimum absolute atomic E-state index is 0.0378. The maximum Gasteiger partial charge on any atom is 0.227 e. The molecule has 0 radical (unpaired) electrons. The molecule has 1 fully saturated rings. The Hall–Kier alpha value is -1.43. The minimum atomic E-state index is -0.242. The second-order valence-electron chi connectivity index (χ2n) is 6.45. The predicted octanol–water partition coefficient (Wildman–Crippen LogP) is 4.48. The van der Waals surface area contributed by atoms with Crippen LogP contribution >= 0.6 is 23.2 Å². The first kappa shape index (κ1) is 19.3. The first-order chi connectivity index (χ1) is 12.6. The third-order valence-corrected chi connectivity index (χ3v) is 5.67. The molecule has 1 amide bonds. The standard InChI is InChI=1S/C17H19Cl2N3O2.C2H6/c1-8-13-11(2-4-20-17(8)23)22-16-14(13)12(6-10(18)15(16)19)21-9-3-5-24-7-9;1-2/h6,8-9,21-22H,2-5,7H2,1H3,(H,20,23);1-2H3. The van der Waals surface area contributed by atoms with Gasteiger partial charge in [-0.25, -0.2) is 0 Å². The number of amides is 1. The van der Waals surface area contributed by atoms with Crippen molar-refractivity contribution in [2.75, 3.05) is 25.1 Å². The van der Waals surface area contributed by atoms with Crippen LogP contribution in [-0.2, 0) is 16.0 Å². The lowest BCUT2D eigenvalue weighted by Gasteiger charge is -2.17. The number of aromatic nitrogens is 1. The molecule has 26 heavy (non-hydrogen) atoms. The summed E-state index contributed by atoms with van der Waals surface area (Å²) in [5.74, 6) is -0.204. The molecular formula is C19H25Cl2N3O2. The van der Waals surface area contributed by atoms with Gasteiger partial charge in [0.25, 0.3) is 0 Å². The van der Waals surface area contributed by atoms with Gasteiger partial charge >= 0.3 is 0 Å². The highest BCUT2D eigenvalue weighted by atomic mass is 35.5. The van der Waals surface area contributed by atoms with Crippen LogP contribution in [0.5, 0.6) is 0 Å². The summed E-state index contributed by atoms with van der Waals surface area (Å²) in [7, 11) is 0. The van der Waals surface area contributed by atoms with Crippen molar-refractivity contribution >= 4 is 45.7 Å². The monoisotopic (exact) mass is 397 g/mol. The molecule has 0 saturated carbocycles. The van der Waals surface area contributed by atoms with Gasteiger partial charge in [-0.2, -0.15) is 0 Å². The van der Waals surface area contributed by atoms with Crippen molar-refractivity contribution in [3.63, 3.8) is 0 Å². The van der Waals surface area contributed by atoms with Crippen LogP contribution in [0.4, 0.5) is 5.69 Å². The van der Waals surface area contributed by atoms with Gasteiger partial charge in [-0.3, -0.25) is 4.79 Å². The molecule has 2 unspecified atom stereocenters. The molecule has 142 valence electrons. The zero-order valence-electron chi connectivity index (χ0n) is 15.3. The summed E-state index contributed by atoms with van der Waals surface area (Å²) in [5, 5.41) is 8.44. The molecular weight excluding hydrogens is 373 g/mol. The summed E-state index contributed by atoms with van der Waals surface area (Å²) >= 11 is 12.8. The van der Waals surface area contributed by atoms with Gasteiger partial charge in [-0.05, 0) is 25.0 Å². The number of fused-ring (bicyclic) bond motifs is 3. The number of carbonyl (C=O) groups excluding carboxylic acids is 1. The first-order valence-electron chi connectivity index (χ1n) is 9.20. The topological polar surface area (TPSA) is 66.2 Å². The summed E-state index contributed by atoms with van der Waals surface area (Å²) in [5.41, 5.74) is 3.77. The molecule has 0 spiro atoms. The van der Waals surface area contributed by atoms with Crippen LogP contribution in [0.1, 0.15) is 44.4 Å². The van der Waals surface area contributed by atoms with E-state index in [2.05, 4.69) is 15.6 Å². The molecule has 5 nitrogen and oxygen atoms in total. The van der Waals surface area contributed by atoms with Crippen LogP contribution in [-0.4, -0.2) is 36.7 Å². The van der Waals surface area contributed by atoms with Crippen molar-refractivity contribution in [1.82, 2.24) is 10.3 Å². The number of aromatic amines is 1. The molecule has 7 heteroatoms. The van der Waals surface area contributed by atoms with Crippen molar-refractivity contribution in [1.29, 1.82) is 0 Å². The van der Waals surface area contributed by atoms with Crippen LogP contribution in [0.25, 0.3) is 10.9 Å². The lowest BCUT2D eigenvalue weighted by molar-refractivity contribution is -0.121. The lowest BCUT2D eigenvalue weighted by atomic mass is 9.96. The Kier molecular flexibility index (Phi) is 6.00. The highest BCUT2D eigenvalue weighted by Crippen LogP contribution is 2.42. The second-order valence-corrected chi connectivity index (χ2v) is 7.24. The third-order valence-electron chi connectivity index (χ3n) is 4.88. The average Bonchev–Trinajstić information content (AvgIpc) is 3.25. The van der Waals surface area contributed by atoms with Crippen molar-refractivity contribution in [3.8, 4) is 0 Å². The fourth-order valence-corrected chi connectivity index (χ4v) is 4.04. The fourth-order valence-electron chi connectivity index (χ4n) is 3.64. The number of H-pyrrole nitrogens is 1. The summed E-state index contributed by atoms with van der Waals surface area (Å²) in [4.78, 5) is 15.7. The van der Waals surface area contributed by atoms with E-state index in [9.17, 15) is 4.79 Å². The van der Waals surface area contributed by atoms with Gasteiger partial charge in [-0.1, -0.05) is 37.0 Å². The van der Waals surface area contributed by atoms with E-state index in [1.807, 2.05) is 26.8 Å². The Bertz CT molecular complexity index is 813. The van der Waals surface area contributed by atoms with Gasteiger partial charge in [0.2, 0.25) is 5.91 Å². The van der Waals surface area contributed by atoms with Crippen LogP contribution in [0.15, 0.2) is 6.07 Å². The Morgan fingerprint density at radius 1 is 1.31 bits per heavy atom. The Morgan fingerprint density at radius 3 is 2.77 bits per heavy atom. The molecule has 0 bridgehead atoms. The maximum absolute atomic E-state index is 12.3. The van der Waals surface area contributed by atoms with Crippen LogP contribution < -0.4 is 10.6 Å². The molecule has 3 heterocycles. The van der Waals surface area contributed by atoms with Gasteiger partial charge < -0.3 is 20.4 Å². The van der Waals surface area contributed by atoms with Crippen molar-refractivity contribution in [2.45, 2.75) is 45.6 Å². The minimum Gasteiger partial charge on any atom is -0.379 e. The molecule has 4 rings (SSSR count). The van der Waals surface area contributed by atoms with E-state index in [-0.39, 0.29) is 17.9 Å². The number of nitrogens with one attached hydrogen (secondary N) is 3. The van der Waals surface area contributed by atoms with E-state index < -0.39 is 0 Å². The van der Waals surface area contributed by atoms with Crippen molar-refractivity contribution in [3.05, 3.63) is 27.4 Å². The zero-order chi connectivity index (χ0) is 18.8. The van der Waals surface area contributed by atoms with Crippen LogP contribution in [0.3, 0.4) is 0 Å². The normalized spacial score (nSPS) is 22.3. The summed E-state index contributed by atoms with van der Waals surface area (Å²) in [6.07, 6.45) is 1.70. The second kappa shape index (κ2) is 8.07. The van der Waals surface area contributed by atoms with Crippen LogP contribution in [0, 0.1) is 0 Å². The quantitative estimate of drug-likeness (QED) is 0.699. The number of anilines is 1. The predicted molar refractivity (Wildman–Crippen MR) is 108 cm³/mol. The Labute approximate surface area is 163 Å². The molecule has 1 aromatic heterocycles. The molecule has 0 aliphatic carbocycles. The highest BCUT2D eigenvalue weighted by molar-refractivity contribution is 6.45. The lowest BCUT2D eigenvalue weighted by Crippen LogP contribution is -2.27. The first-order valence-corrected chi connectivity index (χ1v) is 9.96. The van der Waals surface area contributed by atoms with E-state index in [1.54, 1.807) is 0 Å². The number of benzene rings is 1. The average molecular weight is 398 g/mol. The number of hydrogen-bond acceptors (Lipinski definition) is 3. The van der Waals surface area contributed by atoms with E-state index in [0.717, 1.165) is 47.3 Å². The van der Waals surface area contributed by atoms with Crippen LogP contribution in [0.2, 0.25) is 10.0 Å². The molecule has 3 N–H and O–H groups in total. The zero-order valence-corrected chi connectivity index (χ0v) is 16.9. The number of halogens is 2. The number of carbonyl (C=O) groups is 1. The molecule has 2 aliphatic heterocycles. The molecule has 1 aromatic carbocycles. The molecule has 2 aliphatic rings. The van der Waals surface area contributed by atoms with Gasteiger partial charge in [-0.15, -0.1) is 0 Å². The van der Waals surface area contributed by atoms with Crippen molar-refractivity contribution < 1.29 is 9.53 Å². The molecule has 1 saturated heterocycles. The van der Waals surface area contributed by atoms with Gasteiger partial charge in [0.05, 0.1) is 34.1 Å². The van der Waals surface area contributed by atoms with Gasteiger partial charge in [0.1, 0.15) is 0 Å². The summed E-state index contributed by atoms with van der Waals surface area (Å²) < 4.78 is 5.45. The largest absolute Gasteiger partial charge is 0.379 e. The smallest absolute Gasteiger partial charge is 0.227 e. The summed E-state index contributed by atoms with van der Waals surface area (Å²) in [6.45, 7) is 7.97. The Balaban J connectivity index is 0.000000948. The van der Waals surface area contributed by atoms with Crippen molar-refractivity contribution in [2.24, 2.45) is 0 Å². The maximum atomic E-state index is 12.3. The number of hydrogen-bond donors (Lipinski definition) is 3. The van der Waals surface area contributed by atoms with E-state index in [4.69, 9.17) is 27.9 Å². The molecule has 2 atom stereocenters. The van der Waals surface area contributed by atoms with Gasteiger partial charge in [0, 0.05) is 36.3 Å². The SMILES string of the molecule is CC.CC1C(=O)NCCc2[nH]c3c(Cl)c(Cl)cc(NC4CCOC4)c3c21. The van der Waals surface area contributed by atoms with E-state index in [1.165, 1.54) is 0 Å².